The summed E-state index contributed by atoms with van der Waals surface area (Å²) in [4.78, 5) is 22.4. The summed E-state index contributed by atoms with van der Waals surface area (Å²) in [5, 5.41) is 1.29. The van der Waals surface area contributed by atoms with E-state index in [9.17, 15) is 4.79 Å². The van der Waals surface area contributed by atoms with E-state index in [-0.39, 0.29) is 5.91 Å². The number of amides is 1. The second-order valence-corrected chi connectivity index (χ2v) is 8.75. The Morgan fingerprint density at radius 1 is 1.23 bits per heavy atom. The zero-order valence-electron chi connectivity index (χ0n) is 17.6. The Bertz CT molecular complexity index is 1020. The molecule has 0 N–H and O–H groups in total. The quantitative estimate of drug-likeness (QED) is 0.488. The van der Waals surface area contributed by atoms with Crippen LogP contribution in [0.15, 0.2) is 42.5 Å². The molecular formula is C23H26ClN3O3S. The number of fused-ring (bicyclic) bond motifs is 1. The molecule has 1 fully saturated rings. The minimum absolute atomic E-state index is 0.0735. The van der Waals surface area contributed by atoms with Gasteiger partial charge in [0.2, 0.25) is 0 Å². The summed E-state index contributed by atoms with van der Waals surface area (Å²) < 4.78 is 12.2. The molecule has 0 unspecified atom stereocenters. The molecule has 4 rings (SSSR count). The number of anilines is 1. The number of rotatable bonds is 8. The van der Waals surface area contributed by atoms with Crippen LogP contribution in [-0.4, -0.2) is 61.8 Å². The number of hydrogen-bond donors (Lipinski definition) is 0. The fraction of sp³-hybridized carbons (Fsp3) is 0.391. The van der Waals surface area contributed by atoms with E-state index in [0.29, 0.717) is 28.9 Å². The van der Waals surface area contributed by atoms with Crippen molar-refractivity contribution < 1.29 is 14.3 Å². The lowest BCUT2D eigenvalue weighted by Gasteiger charge is -2.27. The fourth-order valence-electron chi connectivity index (χ4n) is 3.61. The van der Waals surface area contributed by atoms with Crippen molar-refractivity contribution >= 4 is 44.2 Å². The number of ether oxygens (including phenoxy) is 2. The summed E-state index contributed by atoms with van der Waals surface area (Å²) >= 11 is 7.53. The molecular weight excluding hydrogens is 434 g/mol. The van der Waals surface area contributed by atoms with Crippen molar-refractivity contribution in [2.45, 2.75) is 13.3 Å². The van der Waals surface area contributed by atoms with Gasteiger partial charge in [-0.3, -0.25) is 14.6 Å². The van der Waals surface area contributed by atoms with Crippen LogP contribution in [0, 0.1) is 0 Å². The topological polar surface area (TPSA) is 54.9 Å². The minimum atomic E-state index is -0.0735. The second kappa shape index (κ2) is 10.4. The second-order valence-electron chi connectivity index (χ2n) is 7.30. The maximum atomic E-state index is 13.4. The number of benzene rings is 2. The molecule has 1 saturated heterocycles. The highest BCUT2D eigenvalue weighted by molar-refractivity contribution is 7.22. The molecule has 0 bridgehead atoms. The van der Waals surface area contributed by atoms with Crippen LogP contribution in [0.4, 0.5) is 5.13 Å². The third kappa shape index (κ3) is 5.36. The molecule has 2 aromatic carbocycles. The number of aromatic nitrogens is 1. The molecule has 6 nitrogen and oxygen atoms in total. The van der Waals surface area contributed by atoms with Crippen LogP contribution in [0.2, 0.25) is 5.02 Å². The van der Waals surface area contributed by atoms with Crippen LogP contribution in [0.1, 0.15) is 23.7 Å². The molecule has 1 amide bonds. The Hall–Kier alpha value is -2.19. The van der Waals surface area contributed by atoms with Gasteiger partial charge in [0.15, 0.2) is 5.13 Å². The van der Waals surface area contributed by atoms with E-state index in [1.807, 2.05) is 25.1 Å². The Balaban J connectivity index is 1.59. The molecule has 164 valence electrons. The monoisotopic (exact) mass is 459 g/mol. The number of nitrogens with zero attached hydrogens (tertiary/aromatic N) is 3. The minimum Gasteiger partial charge on any atom is -0.492 e. The van der Waals surface area contributed by atoms with Gasteiger partial charge in [-0.25, -0.2) is 4.98 Å². The zero-order chi connectivity index (χ0) is 21.6. The van der Waals surface area contributed by atoms with E-state index in [1.165, 1.54) is 11.3 Å². The normalized spacial score (nSPS) is 14.6. The van der Waals surface area contributed by atoms with Crippen LogP contribution < -0.4 is 9.64 Å². The lowest BCUT2D eigenvalue weighted by Crippen LogP contribution is -2.39. The highest BCUT2D eigenvalue weighted by Gasteiger charge is 2.22. The summed E-state index contributed by atoms with van der Waals surface area (Å²) in [5.41, 5.74) is 1.39. The first kappa shape index (κ1) is 22.0. The fourth-order valence-corrected chi connectivity index (χ4v) is 4.74. The van der Waals surface area contributed by atoms with Crippen LogP contribution in [0.25, 0.3) is 10.2 Å². The molecule has 1 aliphatic heterocycles. The number of halogens is 1. The molecule has 0 spiro atoms. The molecule has 2 heterocycles. The average molecular weight is 460 g/mol. The van der Waals surface area contributed by atoms with Crippen molar-refractivity contribution in [2.24, 2.45) is 0 Å². The van der Waals surface area contributed by atoms with Gasteiger partial charge in [-0.1, -0.05) is 29.0 Å². The van der Waals surface area contributed by atoms with Gasteiger partial charge in [-0.15, -0.1) is 0 Å². The van der Waals surface area contributed by atoms with Gasteiger partial charge >= 0.3 is 0 Å². The van der Waals surface area contributed by atoms with E-state index >= 15 is 0 Å². The lowest BCUT2D eigenvalue weighted by atomic mass is 10.2. The third-order valence-electron chi connectivity index (χ3n) is 5.20. The summed E-state index contributed by atoms with van der Waals surface area (Å²) in [6.07, 6.45) is 0.855. The SMILES string of the molecule is CCOc1cccc2sc(N(CCCN3CCOCC3)C(=O)c3ccc(Cl)cc3)nc12. The van der Waals surface area contributed by atoms with Crippen molar-refractivity contribution in [3.8, 4) is 5.75 Å². The summed E-state index contributed by atoms with van der Waals surface area (Å²) in [5.74, 6) is 0.672. The van der Waals surface area contributed by atoms with Gasteiger partial charge in [0.25, 0.3) is 5.91 Å². The highest BCUT2D eigenvalue weighted by atomic mass is 35.5. The first-order valence-electron chi connectivity index (χ1n) is 10.6. The van der Waals surface area contributed by atoms with Gasteiger partial charge in [-0.05, 0) is 49.7 Å². The van der Waals surface area contributed by atoms with Gasteiger partial charge in [0.05, 0.1) is 24.5 Å². The Morgan fingerprint density at radius 2 is 2.00 bits per heavy atom. The third-order valence-corrected chi connectivity index (χ3v) is 6.49. The Labute approximate surface area is 191 Å². The maximum Gasteiger partial charge on any atom is 0.260 e. The number of hydrogen-bond acceptors (Lipinski definition) is 6. The summed E-state index contributed by atoms with van der Waals surface area (Å²) in [6, 6.07) is 12.9. The van der Waals surface area contributed by atoms with E-state index in [2.05, 4.69) is 4.90 Å². The Morgan fingerprint density at radius 3 is 2.74 bits per heavy atom. The summed E-state index contributed by atoms with van der Waals surface area (Å²) in [7, 11) is 0. The molecule has 3 aromatic rings. The standard InChI is InChI=1S/C23H26ClN3O3S/c1-2-30-19-5-3-6-20-21(19)25-23(31-20)27(12-4-11-26-13-15-29-16-14-26)22(28)17-7-9-18(24)10-8-17/h3,5-10H,2,4,11-16H2,1H3. The number of thiazole rings is 1. The van der Waals surface area contributed by atoms with Crippen molar-refractivity contribution in [3.05, 3.63) is 53.1 Å². The number of carbonyl (C=O) groups excluding carboxylic acids is 1. The van der Waals surface area contributed by atoms with Crippen LogP contribution in [0.5, 0.6) is 5.75 Å². The van der Waals surface area contributed by atoms with E-state index in [4.69, 9.17) is 26.1 Å². The van der Waals surface area contributed by atoms with Crippen molar-refractivity contribution in [3.63, 3.8) is 0 Å². The zero-order valence-corrected chi connectivity index (χ0v) is 19.1. The summed E-state index contributed by atoms with van der Waals surface area (Å²) in [6.45, 7) is 7.43. The smallest absolute Gasteiger partial charge is 0.260 e. The largest absolute Gasteiger partial charge is 0.492 e. The average Bonchev–Trinajstić information content (AvgIpc) is 3.23. The van der Waals surface area contributed by atoms with Gasteiger partial charge in [0, 0.05) is 36.8 Å². The van der Waals surface area contributed by atoms with Gasteiger partial charge in [-0.2, -0.15) is 0 Å². The van der Waals surface area contributed by atoms with E-state index < -0.39 is 0 Å². The molecule has 0 aliphatic carbocycles. The lowest BCUT2D eigenvalue weighted by molar-refractivity contribution is 0.0376. The molecule has 1 aromatic heterocycles. The predicted octanol–water partition coefficient (Wildman–Crippen LogP) is 4.72. The number of carbonyl (C=O) groups is 1. The first-order valence-corrected chi connectivity index (χ1v) is 11.7. The molecule has 0 radical (unpaired) electrons. The van der Waals surface area contributed by atoms with Crippen LogP contribution in [-0.2, 0) is 4.74 Å². The number of morpholine rings is 1. The van der Waals surface area contributed by atoms with E-state index in [1.54, 1.807) is 29.2 Å². The Kier molecular flexibility index (Phi) is 7.40. The molecule has 0 atom stereocenters. The highest BCUT2D eigenvalue weighted by Crippen LogP contribution is 2.35. The maximum absolute atomic E-state index is 13.4. The van der Waals surface area contributed by atoms with Gasteiger partial charge in [0.1, 0.15) is 11.3 Å². The van der Waals surface area contributed by atoms with E-state index in [0.717, 1.165) is 55.2 Å². The van der Waals surface area contributed by atoms with Gasteiger partial charge < -0.3 is 9.47 Å². The number of para-hydroxylation sites is 1. The van der Waals surface area contributed by atoms with Crippen molar-refractivity contribution in [2.75, 3.05) is 50.9 Å². The van der Waals surface area contributed by atoms with Crippen LogP contribution >= 0.6 is 22.9 Å². The molecule has 1 aliphatic rings. The molecule has 31 heavy (non-hydrogen) atoms. The molecule has 8 heteroatoms. The first-order chi connectivity index (χ1) is 15.2. The van der Waals surface area contributed by atoms with Crippen molar-refractivity contribution in [1.82, 2.24) is 9.88 Å². The predicted molar refractivity (Wildman–Crippen MR) is 126 cm³/mol. The van der Waals surface area contributed by atoms with Crippen LogP contribution in [0.3, 0.4) is 0 Å². The molecule has 0 saturated carbocycles. The van der Waals surface area contributed by atoms with Crippen molar-refractivity contribution in [1.29, 1.82) is 0 Å².